The number of Topliss-reactive ketones (excluding diaryl/α,β-unsaturated/α-hetero) is 2. The Morgan fingerprint density at radius 1 is 0.828 bits per heavy atom. The predicted octanol–water partition coefficient (Wildman–Crippen LogP) is 0.655. The third-order valence-electron chi connectivity index (χ3n) is 4.71. The van der Waals surface area contributed by atoms with Crippen molar-refractivity contribution in [1.29, 1.82) is 0 Å². The summed E-state index contributed by atoms with van der Waals surface area (Å²) in [7, 11) is 1.59. The van der Waals surface area contributed by atoms with Crippen molar-refractivity contribution >= 4 is 23.0 Å². The lowest BCUT2D eigenvalue weighted by atomic mass is 9.90. The van der Waals surface area contributed by atoms with Crippen molar-refractivity contribution < 1.29 is 42.9 Å². The molecule has 0 spiro atoms. The van der Waals surface area contributed by atoms with E-state index in [9.17, 15) is 9.59 Å². The fraction of sp³-hybridized carbons (Fsp3) is 0.0870. The molecule has 1 aliphatic rings. The van der Waals surface area contributed by atoms with Crippen LogP contribution >= 0.6 is 0 Å². The van der Waals surface area contributed by atoms with Gasteiger partial charge in [-0.1, -0.05) is 24.3 Å². The highest BCUT2D eigenvalue weighted by atomic mass is 127. The molecule has 0 saturated heterocycles. The molecule has 1 N–H and O–H groups in total. The van der Waals surface area contributed by atoms with Crippen molar-refractivity contribution in [2.75, 3.05) is 12.4 Å². The number of methoxy groups -OCH3 is 1. The fourth-order valence-electron chi connectivity index (χ4n) is 3.19. The summed E-state index contributed by atoms with van der Waals surface area (Å²) in [6, 6.07) is 17.9. The fourth-order valence-corrected chi connectivity index (χ4v) is 3.19. The number of anilines is 1. The normalized spacial score (nSPS) is 12.9. The molecule has 0 atom stereocenters. The summed E-state index contributed by atoms with van der Waals surface area (Å²) in [6.45, 7) is 1.97. The number of carbonyl (C=O) groups excluding carboxylic acids is 2. The van der Waals surface area contributed by atoms with Crippen LogP contribution in [-0.2, 0) is 0 Å². The van der Waals surface area contributed by atoms with Crippen LogP contribution in [0.3, 0.4) is 0 Å². The van der Waals surface area contributed by atoms with Crippen molar-refractivity contribution in [2.45, 2.75) is 6.92 Å². The number of hydrogen-bond donors (Lipinski definition) is 1. The molecule has 0 saturated carbocycles. The maximum Gasteiger partial charge on any atom is 0.286 e. The molecule has 2 aromatic carbocycles. The number of aromatic nitrogens is 1. The van der Waals surface area contributed by atoms with Gasteiger partial charge in [-0.25, -0.2) is 0 Å². The molecular weight excluding hydrogens is 479 g/mol. The van der Waals surface area contributed by atoms with Gasteiger partial charge in [-0.3, -0.25) is 9.59 Å². The second-order valence-corrected chi connectivity index (χ2v) is 6.56. The minimum absolute atomic E-state index is 0. The smallest absolute Gasteiger partial charge is 0.286 e. The Morgan fingerprint density at radius 3 is 2.00 bits per heavy atom. The number of nitrogens with zero attached hydrogens (tertiary/aromatic N) is 1. The predicted molar refractivity (Wildman–Crippen MR) is 106 cm³/mol. The average Bonchev–Trinajstić information content (AvgIpc) is 2.73. The number of ketones is 2. The second-order valence-electron chi connectivity index (χ2n) is 6.56. The number of hydrogen-bond acceptors (Lipinski definition) is 4. The number of fused-ring (bicyclic) bond motifs is 1. The van der Waals surface area contributed by atoms with Crippen molar-refractivity contribution in [3.8, 4) is 5.75 Å². The third kappa shape index (κ3) is 3.93. The van der Waals surface area contributed by atoms with Gasteiger partial charge in [0.2, 0.25) is 5.78 Å². The Labute approximate surface area is 186 Å². The van der Waals surface area contributed by atoms with E-state index in [0.29, 0.717) is 28.3 Å². The summed E-state index contributed by atoms with van der Waals surface area (Å²) < 4.78 is 6.87. The highest BCUT2D eigenvalue weighted by molar-refractivity contribution is 6.36. The minimum Gasteiger partial charge on any atom is -1.00 e. The van der Waals surface area contributed by atoms with Gasteiger partial charge in [0.05, 0.1) is 7.11 Å². The zero-order valence-electron chi connectivity index (χ0n) is 16.0. The van der Waals surface area contributed by atoms with E-state index in [0.717, 1.165) is 5.56 Å². The molecular formula is C23H19IN2O3. The van der Waals surface area contributed by atoms with Crippen LogP contribution in [0.2, 0.25) is 0 Å². The van der Waals surface area contributed by atoms with Crippen LogP contribution in [0.1, 0.15) is 26.3 Å². The van der Waals surface area contributed by atoms with E-state index in [4.69, 9.17) is 4.74 Å². The Hall–Kier alpha value is -3.00. The molecule has 3 aromatic rings. The zero-order chi connectivity index (χ0) is 19.7. The highest BCUT2D eigenvalue weighted by Crippen LogP contribution is 2.28. The first kappa shape index (κ1) is 20.7. The molecule has 29 heavy (non-hydrogen) atoms. The molecule has 1 aromatic heterocycles. The molecule has 6 heteroatoms. The van der Waals surface area contributed by atoms with Gasteiger partial charge in [0.15, 0.2) is 18.1 Å². The molecule has 0 fully saturated rings. The van der Waals surface area contributed by atoms with Crippen molar-refractivity contribution in [3.05, 3.63) is 95.4 Å². The van der Waals surface area contributed by atoms with E-state index in [2.05, 4.69) is 5.32 Å². The van der Waals surface area contributed by atoms with Crippen LogP contribution < -0.4 is 38.6 Å². The largest absolute Gasteiger partial charge is 1.00 e. The van der Waals surface area contributed by atoms with Crippen LogP contribution in [0.5, 0.6) is 5.75 Å². The Kier molecular flexibility index (Phi) is 6.12. The minimum atomic E-state index is -0.214. The summed E-state index contributed by atoms with van der Waals surface area (Å²) >= 11 is 0. The first-order chi connectivity index (χ1) is 13.6. The van der Waals surface area contributed by atoms with Crippen LogP contribution in [0.25, 0.3) is 5.70 Å². The molecule has 5 nitrogen and oxygen atoms in total. The number of benzene rings is 2. The standard InChI is InChI=1S/C23H18N2O3.HI/c1-15-11-13-25(14-12-15)21-20(24-16-7-9-17(28-2)10-8-16)22(26)18-5-3-4-6-19(18)23(21)27;/h3-14H,1-2H3;1H. The summed E-state index contributed by atoms with van der Waals surface area (Å²) in [4.78, 5) is 26.5. The van der Waals surface area contributed by atoms with E-state index in [1.807, 2.05) is 31.2 Å². The Balaban J connectivity index is 0.00000240. The molecule has 1 heterocycles. The first-order valence-electron chi connectivity index (χ1n) is 8.90. The van der Waals surface area contributed by atoms with E-state index in [-0.39, 0.29) is 41.2 Å². The summed E-state index contributed by atoms with van der Waals surface area (Å²) in [5.74, 6) is 0.304. The molecule has 1 aliphatic carbocycles. The summed E-state index contributed by atoms with van der Waals surface area (Å²) in [5.41, 5.74) is 3.14. The van der Waals surface area contributed by atoms with Gasteiger partial charge in [-0.05, 0) is 36.8 Å². The number of aryl methyl sites for hydroxylation is 1. The SMILES string of the molecule is COc1ccc(NC2=C([n+]3ccc(C)cc3)C(=O)c3ccccc3C2=O)cc1.[I-]. The number of nitrogens with one attached hydrogen (secondary N) is 1. The van der Waals surface area contributed by atoms with Crippen molar-refractivity contribution in [3.63, 3.8) is 0 Å². The van der Waals surface area contributed by atoms with Gasteiger partial charge in [0.1, 0.15) is 5.75 Å². The van der Waals surface area contributed by atoms with Gasteiger partial charge in [-0.2, -0.15) is 4.57 Å². The van der Waals surface area contributed by atoms with Gasteiger partial charge >= 0.3 is 0 Å². The zero-order valence-corrected chi connectivity index (χ0v) is 18.1. The lowest BCUT2D eigenvalue weighted by molar-refractivity contribution is -0.577. The molecule has 0 radical (unpaired) electrons. The van der Waals surface area contributed by atoms with Crippen LogP contribution in [-0.4, -0.2) is 18.7 Å². The van der Waals surface area contributed by atoms with E-state index in [1.54, 1.807) is 60.5 Å². The Morgan fingerprint density at radius 2 is 1.41 bits per heavy atom. The molecule has 0 aliphatic heterocycles. The van der Waals surface area contributed by atoms with E-state index < -0.39 is 0 Å². The van der Waals surface area contributed by atoms with Crippen molar-refractivity contribution in [2.24, 2.45) is 0 Å². The maximum absolute atomic E-state index is 13.3. The number of rotatable bonds is 4. The number of carbonyl (C=O) groups is 2. The van der Waals surface area contributed by atoms with Crippen LogP contribution in [0.15, 0.2) is 78.8 Å². The number of ether oxygens (including phenoxy) is 1. The quantitative estimate of drug-likeness (QED) is 0.425. The summed E-state index contributed by atoms with van der Waals surface area (Å²) in [6.07, 6.45) is 3.58. The van der Waals surface area contributed by atoms with Gasteiger partial charge in [-0.15, -0.1) is 0 Å². The van der Waals surface area contributed by atoms with Gasteiger partial charge in [0.25, 0.3) is 11.5 Å². The van der Waals surface area contributed by atoms with E-state index in [1.165, 1.54) is 0 Å². The molecule has 0 unspecified atom stereocenters. The topological polar surface area (TPSA) is 59.3 Å². The molecule has 146 valence electrons. The number of allylic oxidation sites excluding steroid dienone is 2. The molecule has 0 amide bonds. The lowest BCUT2D eigenvalue weighted by Gasteiger charge is -2.18. The Bertz CT molecular complexity index is 1100. The van der Waals surface area contributed by atoms with Gasteiger partial charge < -0.3 is 34.0 Å². The first-order valence-corrected chi connectivity index (χ1v) is 8.90. The third-order valence-corrected chi connectivity index (χ3v) is 4.71. The summed E-state index contributed by atoms with van der Waals surface area (Å²) in [5, 5.41) is 3.15. The maximum atomic E-state index is 13.3. The average molecular weight is 498 g/mol. The van der Waals surface area contributed by atoms with Gasteiger partial charge in [0, 0.05) is 28.9 Å². The lowest BCUT2D eigenvalue weighted by Crippen LogP contribution is -3.00. The van der Waals surface area contributed by atoms with E-state index >= 15 is 0 Å². The molecule has 0 bridgehead atoms. The number of halogens is 1. The highest BCUT2D eigenvalue weighted by Gasteiger charge is 2.38. The van der Waals surface area contributed by atoms with Crippen LogP contribution in [0, 0.1) is 6.92 Å². The monoisotopic (exact) mass is 498 g/mol. The van der Waals surface area contributed by atoms with Crippen LogP contribution in [0.4, 0.5) is 5.69 Å². The molecule has 4 rings (SSSR count). The van der Waals surface area contributed by atoms with Crippen molar-refractivity contribution in [1.82, 2.24) is 0 Å². The number of pyridine rings is 1. The second kappa shape index (κ2) is 8.57.